The van der Waals surface area contributed by atoms with Crippen LogP contribution in [0.1, 0.15) is 113 Å². The summed E-state index contributed by atoms with van der Waals surface area (Å²) >= 11 is 0. The number of aryl methyl sites for hydroxylation is 1. The van der Waals surface area contributed by atoms with Gasteiger partial charge in [0.15, 0.2) is 12.6 Å². The Labute approximate surface area is 436 Å². The second kappa shape index (κ2) is 24.9. The maximum absolute atomic E-state index is 14.5. The van der Waals surface area contributed by atoms with Gasteiger partial charge in [0.1, 0.15) is 41.9 Å². The number of carbonyl (C=O) groups excluding carboxylic acids is 2. The molecular formula is C53H87FN6O14. The second-order valence-electron chi connectivity index (χ2n) is 22.7. The zero-order valence-electron chi connectivity index (χ0n) is 45.9. The number of likely N-dealkylation sites (N-methyl/N-ethyl adjacent to an activating group) is 2. The van der Waals surface area contributed by atoms with Crippen LogP contribution in [-0.4, -0.2) is 200 Å². The van der Waals surface area contributed by atoms with Crippen molar-refractivity contribution in [3.8, 4) is 0 Å². The molecule has 74 heavy (non-hydrogen) atoms. The summed E-state index contributed by atoms with van der Waals surface area (Å²) in [6.07, 6.45) is -6.15. The Morgan fingerprint density at radius 3 is 2.34 bits per heavy atom. The number of aliphatic hydroxyl groups is 5. The molecule has 4 fully saturated rings. The van der Waals surface area contributed by atoms with Gasteiger partial charge in [-0.3, -0.25) is 9.69 Å². The third kappa shape index (κ3) is 14.0. The minimum absolute atomic E-state index is 0.0934. The molecular weight excluding hydrogens is 964 g/mol. The van der Waals surface area contributed by atoms with Gasteiger partial charge >= 0.3 is 12.1 Å². The van der Waals surface area contributed by atoms with Crippen LogP contribution in [0.4, 0.5) is 14.9 Å². The second-order valence-corrected chi connectivity index (χ2v) is 22.7. The first-order valence-corrected chi connectivity index (χ1v) is 26.6. The van der Waals surface area contributed by atoms with Crippen molar-refractivity contribution in [1.82, 2.24) is 24.8 Å². The number of aromatic nitrogens is 3. The number of aliphatic hydroxyl groups excluding tert-OH is 3. The number of carbonyl (C=O) groups is 2. The molecule has 1 aromatic heterocycles. The fraction of sp³-hybridized carbons (Fsp3) is 0.811. The number of cyclic esters (lactones) is 2. The molecule has 4 saturated heterocycles. The number of halogens is 1. The van der Waals surface area contributed by atoms with Crippen molar-refractivity contribution in [3.63, 3.8) is 0 Å². The van der Waals surface area contributed by atoms with Gasteiger partial charge in [-0.25, -0.2) is 13.9 Å². The molecule has 19 atom stereocenters. The Kier molecular flexibility index (Phi) is 20.1. The van der Waals surface area contributed by atoms with Gasteiger partial charge in [-0.2, -0.15) is 0 Å². The SMILES string of the molecule is CC[C@H]1OC(=O)[C@H](C)[C@@H](O[C@H]2C[C@@](C)(OC)[C@@H](O)[C@H](C)O2)[C@H](C)[C@@H](O[C@@H]2O[C@H](C)C[C@H](N(C)CCCCc3cn(C[C@H]4CN(c5cccc(F)c5)C(=O)O4)nn3)[C@H]2O)[C@](C)(O)C[C@@H](C)CN(C)[C@H](C)[C@@H](O)[C@]1(C)O. The molecule has 5 N–H and O–H groups in total. The number of benzene rings is 1. The molecule has 4 aliphatic heterocycles. The Morgan fingerprint density at radius 1 is 0.946 bits per heavy atom. The van der Waals surface area contributed by atoms with Crippen molar-refractivity contribution in [3.05, 3.63) is 42.0 Å². The van der Waals surface area contributed by atoms with Crippen molar-refractivity contribution in [2.24, 2.45) is 17.8 Å². The molecule has 1 amide bonds. The molecule has 0 bridgehead atoms. The molecule has 0 radical (unpaired) electrons. The quantitative estimate of drug-likeness (QED) is 0.125. The number of esters is 1. The highest BCUT2D eigenvalue weighted by molar-refractivity contribution is 5.89. The summed E-state index contributed by atoms with van der Waals surface area (Å²) in [5.41, 5.74) is -3.35. The van der Waals surface area contributed by atoms with Gasteiger partial charge in [0.2, 0.25) is 0 Å². The molecule has 4 aliphatic rings. The summed E-state index contributed by atoms with van der Waals surface area (Å²) < 4.78 is 59.3. The van der Waals surface area contributed by atoms with Gasteiger partial charge in [-0.1, -0.05) is 32.1 Å². The Hall–Kier alpha value is -3.45. The van der Waals surface area contributed by atoms with Crippen LogP contribution in [0.3, 0.4) is 0 Å². The molecule has 0 unspecified atom stereocenters. The first-order valence-electron chi connectivity index (χ1n) is 26.6. The highest BCUT2D eigenvalue weighted by atomic mass is 19.1. The molecule has 1 aromatic carbocycles. The highest BCUT2D eigenvalue weighted by Crippen LogP contribution is 2.40. The summed E-state index contributed by atoms with van der Waals surface area (Å²) in [6, 6.07) is 4.83. The fourth-order valence-corrected chi connectivity index (χ4v) is 11.7. The summed E-state index contributed by atoms with van der Waals surface area (Å²) in [5.74, 6) is -3.25. The number of ether oxygens (including phenoxy) is 7. The summed E-state index contributed by atoms with van der Waals surface area (Å²) in [7, 11) is 5.28. The van der Waals surface area contributed by atoms with E-state index < -0.39 is 120 Å². The van der Waals surface area contributed by atoms with Crippen molar-refractivity contribution in [2.75, 3.05) is 45.7 Å². The van der Waals surface area contributed by atoms with E-state index in [0.717, 1.165) is 18.5 Å². The molecule has 0 aliphatic carbocycles. The van der Waals surface area contributed by atoms with Crippen molar-refractivity contribution in [1.29, 1.82) is 0 Å². The van der Waals surface area contributed by atoms with Crippen molar-refractivity contribution < 1.29 is 72.7 Å². The lowest BCUT2D eigenvalue weighted by molar-refractivity contribution is -0.318. The van der Waals surface area contributed by atoms with Crippen LogP contribution in [0.25, 0.3) is 0 Å². The number of unbranched alkanes of at least 4 members (excludes halogenated alkanes) is 1. The molecule has 6 rings (SSSR count). The third-order valence-electron chi connectivity index (χ3n) is 16.3. The molecule has 21 heteroatoms. The van der Waals surface area contributed by atoms with E-state index in [2.05, 4.69) is 15.2 Å². The summed E-state index contributed by atoms with van der Waals surface area (Å²) in [6.45, 7) is 19.1. The normalized spacial score (nSPS) is 40.4. The number of methoxy groups -OCH3 is 1. The van der Waals surface area contributed by atoms with Crippen molar-refractivity contribution in [2.45, 2.75) is 217 Å². The number of amides is 1. The number of anilines is 1. The van der Waals surface area contributed by atoms with E-state index in [1.165, 1.54) is 31.1 Å². The standard InChI is InChI=1S/C53H87FN6O14/c1-14-41-53(10,67)45(62)34(6)58(12)26-30(2)24-51(8,66)47(32(4)44(33(5)48(64)72-41)73-42-25-52(9,68-13)46(63)35(7)70-42)74-49-43(61)40(22-31(3)69-49)57(11)21-16-15-19-37-27-59(56-55-37)28-39-29-60(50(65)71-39)38-20-17-18-36(54)23-38/h17-18,20,23,27,30-35,39-47,49,61-63,66-67H,14-16,19,21-22,24-26,28-29H2,1-13H3/t30-,31-,32+,33-,34-,35+,39+,40+,41-,42+,43-,44+,45-,46+,47-,49+,51-,52-,53-/m1/s1. The predicted octanol–water partition coefficient (Wildman–Crippen LogP) is 4.05. The summed E-state index contributed by atoms with van der Waals surface area (Å²) in [5, 5.41) is 68.3. The van der Waals surface area contributed by atoms with E-state index in [1.54, 1.807) is 58.4 Å². The van der Waals surface area contributed by atoms with Gasteiger partial charge in [-0.05, 0) is 132 Å². The van der Waals surface area contributed by atoms with E-state index in [4.69, 9.17) is 33.2 Å². The molecule has 2 aromatic rings. The van der Waals surface area contributed by atoms with Gasteiger partial charge in [0, 0.05) is 44.3 Å². The molecule has 0 saturated carbocycles. The van der Waals surface area contributed by atoms with Gasteiger partial charge in [0.25, 0.3) is 0 Å². The van der Waals surface area contributed by atoms with Gasteiger partial charge < -0.3 is 68.5 Å². The smallest absolute Gasteiger partial charge is 0.414 e. The monoisotopic (exact) mass is 1050 g/mol. The average molecular weight is 1050 g/mol. The minimum Gasteiger partial charge on any atom is -0.459 e. The van der Waals surface area contributed by atoms with Crippen LogP contribution < -0.4 is 4.90 Å². The van der Waals surface area contributed by atoms with Crippen LogP contribution in [0.15, 0.2) is 30.5 Å². The lowest BCUT2D eigenvalue weighted by atomic mass is 9.77. The van der Waals surface area contributed by atoms with Crippen LogP contribution in [-0.2, 0) is 50.9 Å². The maximum Gasteiger partial charge on any atom is 0.414 e. The molecule has 420 valence electrons. The average Bonchev–Trinajstić information content (AvgIpc) is 3.95. The fourth-order valence-electron chi connectivity index (χ4n) is 11.7. The predicted molar refractivity (Wildman–Crippen MR) is 270 cm³/mol. The number of rotatable bonds is 15. The zero-order chi connectivity index (χ0) is 54.6. The van der Waals surface area contributed by atoms with Crippen LogP contribution in [0.2, 0.25) is 0 Å². The van der Waals surface area contributed by atoms with E-state index in [-0.39, 0.29) is 37.8 Å². The van der Waals surface area contributed by atoms with E-state index in [9.17, 15) is 39.5 Å². The molecule has 5 heterocycles. The Bertz CT molecular complexity index is 2140. The van der Waals surface area contributed by atoms with Gasteiger partial charge in [0.05, 0.1) is 66.0 Å². The van der Waals surface area contributed by atoms with E-state index in [0.29, 0.717) is 38.2 Å². The Balaban J connectivity index is 1.18. The third-order valence-corrected chi connectivity index (χ3v) is 16.3. The number of hydrogen-bond donors (Lipinski definition) is 5. The Morgan fingerprint density at radius 2 is 1.66 bits per heavy atom. The van der Waals surface area contributed by atoms with E-state index in [1.807, 2.05) is 46.0 Å². The first kappa shape index (κ1) is 59.8. The van der Waals surface area contributed by atoms with Gasteiger partial charge in [-0.15, -0.1) is 5.10 Å². The minimum atomic E-state index is -1.84. The number of hydrogen-bond acceptors (Lipinski definition) is 18. The van der Waals surface area contributed by atoms with Crippen molar-refractivity contribution >= 4 is 17.7 Å². The summed E-state index contributed by atoms with van der Waals surface area (Å²) in [4.78, 5) is 32.4. The topological polar surface area (TPSA) is 240 Å². The molecule has 20 nitrogen and oxygen atoms in total. The van der Waals surface area contributed by atoms with Crippen LogP contribution in [0, 0.1) is 23.6 Å². The van der Waals surface area contributed by atoms with Crippen LogP contribution in [0.5, 0.6) is 0 Å². The van der Waals surface area contributed by atoms with E-state index >= 15 is 0 Å². The lowest BCUT2D eigenvalue weighted by Gasteiger charge is -2.49. The molecule has 0 spiro atoms. The highest BCUT2D eigenvalue weighted by Gasteiger charge is 2.53. The maximum atomic E-state index is 14.5. The first-order chi connectivity index (χ1) is 34.7. The number of nitrogens with zero attached hydrogens (tertiary/aromatic N) is 6. The lowest BCUT2D eigenvalue weighted by Crippen LogP contribution is -2.60. The largest absolute Gasteiger partial charge is 0.459 e. The zero-order valence-corrected chi connectivity index (χ0v) is 45.9. The van der Waals surface area contributed by atoms with Crippen LogP contribution >= 0.6 is 0 Å².